The Bertz CT molecular complexity index is 539. The number of non-ortho nitro benzene ring substituents is 1. The number of nitro benzene ring substituents is 1. The Morgan fingerprint density at radius 3 is 3.00 bits per heavy atom. The monoisotopic (exact) mass is 260 g/mol. The maximum Gasteiger partial charge on any atom is 0.269 e. The van der Waals surface area contributed by atoms with Crippen LogP contribution in [-0.4, -0.2) is 15.1 Å². The number of benzene rings is 1. The van der Waals surface area contributed by atoms with Gasteiger partial charge in [0.25, 0.3) is 5.69 Å². The van der Waals surface area contributed by atoms with Crippen LogP contribution in [0.1, 0.15) is 31.4 Å². The number of anilines is 1. The van der Waals surface area contributed by atoms with Gasteiger partial charge in [-0.1, -0.05) is 25.5 Å². The Morgan fingerprint density at radius 1 is 1.53 bits per heavy atom. The summed E-state index contributed by atoms with van der Waals surface area (Å²) in [6.45, 7) is 2.08. The van der Waals surface area contributed by atoms with Gasteiger partial charge in [0, 0.05) is 18.3 Å². The van der Waals surface area contributed by atoms with E-state index < -0.39 is 0 Å². The summed E-state index contributed by atoms with van der Waals surface area (Å²) in [5.41, 5.74) is 1.91. The van der Waals surface area contributed by atoms with Crippen molar-refractivity contribution in [2.24, 2.45) is 0 Å². The van der Waals surface area contributed by atoms with Crippen LogP contribution in [0.5, 0.6) is 0 Å². The van der Waals surface area contributed by atoms with E-state index in [0.717, 1.165) is 24.1 Å². The molecule has 19 heavy (non-hydrogen) atoms. The SMILES string of the molecule is CCCC(Nc1cn[nH]c1)c1cccc([N+](=O)[O-])c1. The van der Waals surface area contributed by atoms with Crippen LogP contribution in [0.4, 0.5) is 11.4 Å². The number of aromatic nitrogens is 2. The molecule has 0 fully saturated rings. The number of nitrogens with one attached hydrogen (secondary N) is 2. The van der Waals surface area contributed by atoms with E-state index >= 15 is 0 Å². The lowest BCUT2D eigenvalue weighted by molar-refractivity contribution is -0.384. The van der Waals surface area contributed by atoms with Gasteiger partial charge in [-0.05, 0) is 12.0 Å². The first-order chi connectivity index (χ1) is 9.20. The predicted octanol–water partition coefficient (Wildman–Crippen LogP) is 3.27. The van der Waals surface area contributed by atoms with Crippen molar-refractivity contribution in [1.82, 2.24) is 10.2 Å². The van der Waals surface area contributed by atoms with Crippen LogP contribution in [0.3, 0.4) is 0 Å². The third-order valence-electron chi connectivity index (χ3n) is 2.90. The zero-order valence-corrected chi connectivity index (χ0v) is 10.7. The molecule has 0 saturated carbocycles. The van der Waals surface area contributed by atoms with Crippen molar-refractivity contribution in [3.05, 3.63) is 52.3 Å². The molecule has 2 rings (SSSR count). The highest BCUT2D eigenvalue weighted by Gasteiger charge is 2.14. The van der Waals surface area contributed by atoms with Gasteiger partial charge in [0.05, 0.1) is 22.8 Å². The van der Waals surface area contributed by atoms with E-state index in [9.17, 15) is 10.1 Å². The van der Waals surface area contributed by atoms with Crippen LogP contribution >= 0.6 is 0 Å². The predicted molar refractivity (Wildman–Crippen MR) is 73.0 cm³/mol. The number of nitro groups is 1. The van der Waals surface area contributed by atoms with Crippen LogP contribution in [0.25, 0.3) is 0 Å². The second-order valence-corrected chi connectivity index (χ2v) is 4.32. The number of nitrogens with zero attached hydrogens (tertiary/aromatic N) is 2. The van der Waals surface area contributed by atoms with Gasteiger partial charge in [-0.3, -0.25) is 15.2 Å². The molecule has 0 aliphatic rings. The molecule has 0 amide bonds. The van der Waals surface area contributed by atoms with Crippen molar-refractivity contribution in [2.75, 3.05) is 5.32 Å². The molecule has 2 aromatic rings. The number of hydrogen-bond acceptors (Lipinski definition) is 4. The summed E-state index contributed by atoms with van der Waals surface area (Å²) in [6, 6.07) is 6.79. The summed E-state index contributed by atoms with van der Waals surface area (Å²) in [6.07, 6.45) is 5.34. The average Bonchev–Trinajstić information content (AvgIpc) is 2.91. The molecule has 0 bridgehead atoms. The summed E-state index contributed by atoms with van der Waals surface area (Å²) in [7, 11) is 0. The molecule has 1 unspecified atom stereocenters. The Morgan fingerprint density at radius 2 is 2.37 bits per heavy atom. The fraction of sp³-hybridized carbons (Fsp3) is 0.308. The van der Waals surface area contributed by atoms with E-state index in [1.54, 1.807) is 24.5 Å². The second kappa shape index (κ2) is 5.99. The standard InChI is InChI=1S/C13H16N4O2/c1-2-4-13(16-11-8-14-15-9-11)10-5-3-6-12(7-10)17(18)19/h3,5-9,13,16H,2,4H2,1H3,(H,14,15). The van der Waals surface area contributed by atoms with Crippen molar-refractivity contribution in [2.45, 2.75) is 25.8 Å². The lowest BCUT2D eigenvalue weighted by Gasteiger charge is -2.18. The fourth-order valence-electron chi connectivity index (χ4n) is 2.00. The minimum Gasteiger partial charge on any atom is -0.376 e. The molecule has 6 nitrogen and oxygen atoms in total. The number of H-pyrrole nitrogens is 1. The van der Waals surface area contributed by atoms with E-state index in [2.05, 4.69) is 22.4 Å². The molecule has 100 valence electrons. The van der Waals surface area contributed by atoms with Crippen LogP contribution in [0.2, 0.25) is 0 Å². The molecule has 2 N–H and O–H groups in total. The molecule has 1 heterocycles. The van der Waals surface area contributed by atoms with Crippen molar-refractivity contribution in [1.29, 1.82) is 0 Å². The molecule has 6 heteroatoms. The van der Waals surface area contributed by atoms with Crippen LogP contribution in [0.15, 0.2) is 36.7 Å². The maximum absolute atomic E-state index is 10.8. The largest absolute Gasteiger partial charge is 0.376 e. The zero-order valence-electron chi connectivity index (χ0n) is 10.7. The molecular formula is C13H16N4O2. The van der Waals surface area contributed by atoms with E-state index in [0.29, 0.717) is 0 Å². The first-order valence-electron chi connectivity index (χ1n) is 6.20. The van der Waals surface area contributed by atoms with Gasteiger partial charge in [-0.15, -0.1) is 0 Å². The molecule has 1 aromatic carbocycles. The first kappa shape index (κ1) is 13.1. The molecule has 0 saturated heterocycles. The van der Waals surface area contributed by atoms with Gasteiger partial charge in [0.2, 0.25) is 0 Å². The highest BCUT2D eigenvalue weighted by Crippen LogP contribution is 2.26. The quantitative estimate of drug-likeness (QED) is 0.616. The summed E-state index contributed by atoms with van der Waals surface area (Å²) < 4.78 is 0. The van der Waals surface area contributed by atoms with E-state index in [4.69, 9.17) is 0 Å². The topological polar surface area (TPSA) is 83.8 Å². The van der Waals surface area contributed by atoms with E-state index in [1.165, 1.54) is 6.07 Å². The van der Waals surface area contributed by atoms with Gasteiger partial charge >= 0.3 is 0 Å². The summed E-state index contributed by atoms with van der Waals surface area (Å²) in [4.78, 5) is 10.5. The van der Waals surface area contributed by atoms with Crippen molar-refractivity contribution >= 4 is 11.4 Å². The molecule has 0 aliphatic carbocycles. The van der Waals surface area contributed by atoms with Crippen LogP contribution in [-0.2, 0) is 0 Å². The molecular weight excluding hydrogens is 244 g/mol. The number of hydrogen-bond donors (Lipinski definition) is 2. The van der Waals surface area contributed by atoms with Gasteiger partial charge in [0.15, 0.2) is 0 Å². The van der Waals surface area contributed by atoms with Crippen LogP contribution < -0.4 is 5.32 Å². The molecule has 0 aliphatic heterocycles. The van der Waals surface area contributed by atoms with Crippen LogP contribution in [0, 0.1) is 10.1 Å². The molecule has 1 aromatic heterocycles. The summed E-state index contributed by atoms with van der Waals surface area (Å²) >= 11 is 0. The minimum absolute atomic E-state index is 0.0440. The maximum atomic E-state index is 10.8. The molecule has 1 atom stereocenters. The second-order valence-electron chi connectivity index (χ2n) is 4.32. The lowest BCUT2D eigenvalue weighted by atomic mass is 10.0. The van der Waals surface area contributed by atoms with Crippen molar-refractivity contribution < 1.29 is 4.92 Å². The smallest absolute Gasteiger partial charge is 0.269 e. The van der Waals surface area contributed by atoms with E-state index in [-0.39, 0.29) is 16.7 Å². The van der Waals surface area contributed by atoms with Gasteiger partial charge in [0.1, 0.15) is 0 Å². The first-order valence-corrected chi connectivity index (χ1v) is 6.20. The van der Waals surface area contributed by atoms with Gasteiger partial charge in [-0.25, -0.2) is 0 Å². The Balaban J connectivity index is 2.22. The average molecular weight is 260 g/mol. The van der Waals surface area contributed by atoms with Gasteiger partial charge in [-0.2, -0.15) is 5.10 Å². The normalized spacial score (nSPS) is 12.1. The number of aromatic amines is 1. The third kappa shape index (κ3) is 3.31. The highest BCUT2D eigenvalue weighted by atomic mass is 16.6. The van der Waals surface area contributed by atoms with Gasteiger partial charge < -0.3 is 5.32 Å². The van der Waals surface area contributed by atoms with Crippen molar-refractivity contribution in [3.63, 3.8) is 0 Å². The zero-order chi connectivity index (χ0) is 13.7. The minimum atomic E-state index is -0.371. The third-order valence-corrected chi connectivity index (χ3v) is 2.90. The number of rotatable bonds is 6. The molecule has 0 radical (unpaired) electrons. The molecule has 0 spiro atoms. The summed E-state index contributed by atoms with van der Waals surface area (Å²) in [5.74, 6) is 0. The fourth-order valence-corrected chi connectivity index (χ4v) is 2.00. The van der Waals surface area contributed by atoms with E-state index in [1.807, 2.05) is 6.07 Å². The van der Waals surface area contributed by atoms with Crippen molar-refractivity contribution in [3.8, 4) is 0 Å². The Hall–Kier alpha value is -2.37. The Labute approximate surface area is 111 Å². The lowest BCUT2D eigenvalue weighted by Crippen LogP contribution is -2.10. The summed E-state index contributed by atoms with van der Waals surface area (Å²) in [5, 5.41) is 20.8. The highest BCUT2D eigenvalue weighted by molar-refractivity contribution is 5.43. The Kier molecular flexibility index (Phi) is 4.12.